The fourth-order valence-electron chi connectivity index (χ4n) is 1.14. The Balaban J connectivity index is 2.90. The van der Waals surface area contributed by atoms with Crippen molar-refractivity contribution in [2.45, 2.75) is 39.4 Å². The van der Waals surface area contributed by atoms with E-state index in [0.29, 0.717) is 0 Å². The first-order valence-electron chi connectivity index (χ1n) is 7.33. The number of hydrazone groups is 1. The molecule has 7 heteroatoms. The highest BCUT2D eigenvalue weighted by Crippen LogP contribution is 2.43. The van der Waals surface area contributed by atoms with Crippen molar-refractivity contribution in [2.75, 3.05) is 13.2 Å². The predicted molar refractivity (Wildman–Crippen MR) is 64.9 cm³/mol. The third-order valence-electron chi connectivity index (χ3n) is 1.83. The van der Waals surface area contributed by atoms with E-state index in [9.17, 15) is 9.36 Å². The summed E-state index contributed by atoms with van der Waals surface area (Å²) in [5.74, 6) is -1.10. The second-order valence-corrected chi connectivity index (χ2v) is 4.86. The number of carbonyl (C=O) groups is 1. The average molecular weight is 266 g/mol. The van der Waals surface area contributed by atoms with Gasteiger partial charge in [-0.3, -0.25) is 13.8 Å². The van der Waals surface area contributed by atoms with Gasteiger partial charge in [0.1, 0.15) is 5.78 Å². The van der Waals surface area contributed by atoms with Crippen LogP contribution in [-0.4, -0.2) is 24.7 Å². The second-order valence-electron chi connectivity index (χ2n) is 3.15. The normalized spacial score (nSPS) is 26.5. The van der Waals surface area contributed by atoms with Crippen LogP contribution in [0.3, 0.4) is 0 Å². The molecule has 1 fully saturated rings. The Hall–Kier alpha value is -0.710. The molecule has 1 saturated carbocycles. The lowest BCUT2D eigenvalue weighted by molar-refractivity contribution is -0.119. The zero-order valence-corrected chi connectivity index (χ0v) is 10.8. The third-order valence-corrected chi connectivity index (χ3v) is 3.38. The van der Waals surface area contributed by atoms with Gasteiger partial charge in [-0.25, -0.2) is 9.76 Å². The van der Waals surface area contributed by atoms with E-state index in [1.165, 1.54) is 0 Å². The number of hydrogen-bond donors (Lipinski definition) is 1. The molecular formula is C10H19N2O4P. The SMILES string of the molecule is [2H]C1([2H])CC(=NNP(=O)(OCC)OCC)CC([2H])([2H])C1=O. The lowest BCUT2D eigenvalue weighted by atomic mass is 9.98. The zero-order valence-electron chi connectivity index (χ0n) is 13.9. The Morgan fingerprint density at radius 2 is 1.88 bits per heavy atom. The maximum atomic E-state index is 12.1. The number of hydrogen-bond acceptors (Lipinski definition) is 5. The van der Waals surface area contributed by atoms with Gasteiger partial charge in [-0.1, -0.05) is 0 Å². The molecule has 0 aliphatic heterocycles. The van der Waals surface area contributed by atoms with Crippen molar-refractivity contribution in [3.05, 3.63) is 0 Å². The van der Waals surface area contributed by atoms with Gasteiger partial charge in [0, 0.05) is 23.9 Å². The molecular weight excluding hydrogens is 243 g/mol. The zero-order chi connectivity index (χ0) is 16.3. The van der Waals surface area contributed by atoms with Crippen LogP contribution in [0.25, 0.3) is 0 Å². The third kappa shape index (κ3) is 4.98. The summed E-state index contributed by atoms with van der Waals surface area (Å²) >= 11 is 0. The number of Topliss-reactive ketones (excluding diaryl/α,β-unsaturated/α-hetero) is 1. The van der Waals surface area contributed by atoms with Crippen molar-refractivity contribution in [3.8, 4) is 0 Å². The van der Waals surface area contributed by atoms with E-state index in [4.69, 9.17) is 14.5 Å². The van der Waals surface area contributed by atoms with Gasteiger partial charge in [0.15, 0.2) is 0 Å². The first-order chi connectivity index (χ1) is 9.56. The molecule has 98 valence electrons. The van der Waals surface area contributed by atoms with Crippen molar-refractivity contribution >= 4 is 19.2 Å². The smallest absolute Gasteiger partial charge is 0.300 e. The molecule has 0 saturated heterocycles. The molecule has 0 aromatic carbocycles. The molecule has 1 N–H and O–H groups in total. The summed E-state index contributed by atoms with van der Waals surface area (Å²) < 4.78 is 52.2. The van der Waals surface area contributed by atoms with Gasteiger partial charge in [0.05, 0.1) is 13.2 Å². The summed E-state index contributed by atoms with van der Waals surface area (Å²) in [5.41, 5.74) is 0.0595. The van der Waals surface area contributed by atoms with E-state index < -0.39 is 26.3 Å². The maximum absolute atomic E-state index is 12.1. The highest BCUT2D eigenvalue weighted by atomic mass is 31.2. The van der Waals surface area contributed by atoms with Crippen LogP contribution in [0.4, 0.5) is 0 Å². The Morgan fingerprint density at radius 3 is 2.35 bits per heavy atom. The summed E-state index contributed by atoms with van der Waals surface area (Å²) in [6, 6.07) is 0. The predicted octanol–water partition coefficient (Wildman–Crippen LogP) is 2.26. The van der Waals surface area contributed by atoms with Gasteiger partial charge in [0.2, 0.25) is 0 Å². The summed E-state index contributed by atoms with van der Waals surface area (Å²) in [4.78, 5) is 11.6. The van der Waals surface area contributed by atoms with Crippen molar-refractivity contribution in [1.82, 2.24) is 5.20 Å². The molecule has 0 aromatic rings. The van der Waals surface area contributed by atoms with Crippen molar-refractivity contribution in [1.29, 1.82) is 0 Å². The van der Waals surface area contributed by atoms with E-state index in [1.807, 2.05) is 0 Å². The van der Waals surface area contributed by atoms with Crippen LogP contribution >= 0.6 is 7.75 Å². The molecule has 0 heterocycles. The van der Waals surface area contributed by atoms with Crippen LogP contribution in [0.2, 0.25) is 0 Å². The Morgan fingerprint density at radius 1 is 1.35 bits per heavy atom. The van der Waals surface area contributed by atoms with Gasteiger partial charge in [-0.05, 0) is 26.7 Å². The van der Waals surface area contributed by atoms with Crippen molar-refractivity contribution < 1.29 is 23.9 Å². The van der Waals surface area contributed by atoms with Crippen LogP contribution in [0.1, 0.15) is 44.9 Å². The molecule has 0 spiro atoms. The van der Waals surface area contributed by atoms with E-state index in [1.54, 1.807) is 13.8 Å². The fourth-order valence-corrected chi connectivity index (χ4v) is 2.27. The Bertz CT molecular complexity index is 452. The Labute approximate surface area is 107 Å². The van der Waals surface area contributed by atoms with Crippen LogP contribution in [0.15, 0.2) is 5.10 Å². The number of ketones is 1. The van der Waals surface area contributed by atoms with Gasteiger partial charge in [-0.2, -0.15) is 5.10 Å². The van der Waals surface area contributed by atoms with E-state index in [2.05, 4.69) is 10.3 Å². The Kier molecular flexibility index (Phi) is 3.75. The monoisotopic (exact) mass is 266 g/mol. The molecule has 1 rings (SSSR count). The number of rotatable bonds is 6. The quantitative estimate of drug-likeness (QED) is 0.589. The van der Waals surface area contributed by atoms with E-state index in [0.717, 1.165) is 0 Å². The minimum Gasteiger partial charge on any atom is -0.300 e. The molecule has 0 aromatic heterocycles. The molecule has 1 aliphatic rings. The maximum Gasteiger partial charge on any atom is 0.448 e. The molecule has 0 unspecified atom stereocenters. The van der Waals surface area contributed by atoms with Gasteiger partial charge in [-0.15, -0.1) is 0 Å². The minimum atomic E-state index is -3.65. The standard InChI is InChI=1S/C10H19N2O4P/c1-3-15-17(14,16-4-2)12-11-9-5-7-10(13)8-6-9/h3-8H2,1-2H3,(H,12,14)/i7D2,8D2. The molecule has 1 aliphatic carbocycles. The van der Waals surface area contributed by atoms with E-state index >= 15 is 0 Å². The summed E-state index contributed by atoms with van der Waals surface area (Å²) in [5, 5.41) is 5.95. The van der Waals surface area contributed by atoms with Crippen LogP contribution in [-0.2, 0) is 18.4 Å². The van der Waals surface area contributed by atoms with Crippen LogP contribution in [0, 0.1) is 0 Å². The highest BCUT2D eigenvalue weighted by molar-refractivity contribution is 7.51. The fraction of sp³-hybridized carbons (Fsp3) is 0.800. The first kappa shape index (κ1) is 9.25. The average Bonchev–Trinajstić information content (AvgIpc) is 2.34. The van der Waals surface area contributed by atoms with Crippen LogP contribution < -0.4 is 5.20 Å². The highest BCUT2D eigenvalue weighted by Gasteiger charge is 2.23. The van der Waals surface area contributed by atoms with Gasteiger partial charge >= 0.3 is 7.75 Å². The minimum absolute atomic E-state index is 0.0595. The second kappa shape index (κ2) is 6.89. The van der Waals surface area contributed by atoms with Gasteiger partial charge in [0.25, 0.3) is 0 Å². The molecule has 6 nitrogen and oxygen atoms in total. The van der Waals surface area contributed by atoms with Gasteiger partial charge < -0.3 is 0 Å². The molecule has 0 radical (unpaired) electrons. The van der Waals surface area contributed by atoms with E-state index in [-0.39, 0.29) is 31.8 Å². The molecule has 0 atom stereocenters. The molecule has 0 bridgehead atoms. The number of nitrogens with one attached hydrogen (secondary N) is 1. The molecule has 17 heavy (non-hydrogen) atoms. The van der Waals surface area contributed by atoms with Crippen LogP contribution in [0.5, 0.6) is 0 Å². The largest absolute Gasteiger partial charge is 0.448 e. The summed E-state index contributed by atoms with van der Waals surface area (Å²) in [6.45, 7) is 3.48. The summed E-state index contributed by atoms with van der Waals surface area (Å²) in [7, 11) is -3.65. The van der Waals surface area contributed by atoms with Crippen molar-refractivity contribution in [2.24, 2.45) is 5.10 Å². The topological polar surface area (TPSA) is 77.0 Å². The molecule has 0 amide bonds. The number of carbonyl (C=O) groups excluding carboxylic acids is 1. The first-order valence-corrected chi connectivity index (χ1v) is 6.87. The number of nitrogens with zero attached hydrogens (tertiary/aromatic N) is 1. The lowest BCUT2D eigenvalue weighted by Crippen LogP contribution is -2.17. The summed E-state index contributed by atoms with van der Waals surface area (Å²) in [6.07, 6.45) is -5.42. The lowest BCUT2D eigenvalue weighted by Gasteiger charge is -2.17. The van der Waals surface area contributed by atoms with Crippen molar-refractivity contribution in [3.63, 3.8) is 0 Å².